The van der Waals surface area contributed by atoms with Crippen molar-refractivity contribution in [3.63, 3.8) is 0 Å². The van der Waals surface area contributed by atoms with Crippen LogP contribution >= 0.6 is 0 Å². The molecule has 0 aromatic rings. The fraction of sp³-hybridized carbons (Fsp3) is 0.976. The van der Waals surface area contributed by atoms with Gasteiger partial charge in [0, 0.05) is 19.6 Å². The standard InChI is InChI=1S/C18H36O2.2C11H23O.C2H5.Al/c1-2-3-4-5-6-7-8-9-10-11-12-13-14-15-16-17-18(19)20;2*1-3-4-5-6-7-8-9-11(2)10-12;1-2;/h2-17H2,1H3,(H,19,20);2*11H,3-10H2,1-2H3;1H2,2H3;/q;2*-1;;+2. The summed E-state index contributed by atoms with van der Waals surface area (Å²) in [5.74, 6) is 0.712. The summed E-state index contributed by atoms with van der Waals surface area (Å²) in [6.45, 7) is 15.6. The number of rotatable bonds is 37. The Kier molecular flexibility index (Phi) is 43.9. The monoisotopic (exact) mass is 683 g/mol. The van der Waals surface area contributed by atoms with Gasteiger partial charge in [0.1, 0.15) is 0 Å². The smallest absolute Gasteiger partial charge is 0.481 e. The lowest BCUT2D eigenvalue weighted by Gasteiger charge is -2.19. The summed E-state index contributed by atoms with van der Waals surface area (Å²) < 4.78 is 12.4. The topological polar surface area (TPSA) is 55.8 Å². The molecule has 2 atom stereocenters. The van der Waals surface area contributed by atoms with Crippen molar-refractivity contribution in [2.75, 3.05) is 13.2 Å². The maximum atomic E-state index is 10.3. The Balaban J connectivity index is 0. The van der Waals surface area contributed by atoms with Gasteiger partial charge in [0.25, 0.3) is 0 Å². The van der Waals surface area contributed by atoms with Crippen molar-refractivity contribution < 1.29 is 17.5 Å². The zero-order valence-electron chi connectivity index (χ0n) is 33.2. The van der Waals surface area contributed by atoms with Crippen LogP contribution in [-0.4, -0.2) is 39.1 Å². The molecule has 0 aromatic heterocycles. The molecule has 1 N–H and O–H groups in total. The van der Waals surface area contributed by atoms with Crippen molar-refractivity contribution in [3.05, 3.63) is 0 Å². The molecule has 0 bridgehead atoms. The third-order valence-corrected chi connectivity index (χ3v) is 11.4. The summed E-state index contributed by atoms with van der Waals surface area (Å²) in [6.07, 6.45) is 39.5. The highest BCUT2D eigenvalue weighted by atomic mass is 27.2. The van der Waals surface area contributed by atoms with Gasteiger partial charge >= 0.3 is 20.8 Å². The maximum Gasteiger partial charge on any atom is 0.674 e. The van der Waals surface area contributed by atoms with Gasteiger partial charge < -0.3 is 12.7 Å². The van der Waals surface area contributed by atoms with E-state index in [2.05, 4.69) is 41.5 Å². The predicted octanol–water partition coefficient (Wildman–Crippen LogP) is 14.6. The van der Waals surface area contributed by atoms with E-state index in [4.69, 9.17) is 12.7 Å². The molecule has 47 heavy (non-hydrogen) atoms. The van der Waals surface area contributed by atoms with Crippen molar-refractivity contribution in [1.29, 1.82) is 0 Å². The van der Waals surface area contributed by atoms with Gasteiger partial charge in [-0.05, 0) is 36.4 Å². The van der Waals surface area contributed by atoms with Crippen LogP contribution in [0.15, 0.2) is 0 Å². The Morgan fingerprint density at radius 3 is 1.02 bits per heavy atom. The first-order valence-corrected chi connectivity index (χ1v) is 23.1. The molecule has 0 saturated heterocycles. The lowest BCUT2D eigenvalue weighted by molar-refractivity contribution is -0.137. The van der Waals surface area contributed by atoms with Gasteiger partial charge in [-0.2, -0.15) is 0 Å². The van der Waals surface area contributed by atoms with Crippen LogP contribution in [0, 0.1) is 11.8 Å². The molecule has 0 heterocycles. The van der Waals surface area contributed by atoms with E-state index in [1.54, 1.807) is 0 Å². The number of aliphatic carboxylic acids is 1. The minimum Gasteiger partial charge on any atom is -0.481 e. The molecule has 0 fully saturated rings. The van der Waals surface area contributed by atoms with Gasteiger partial charge in [-0.3, -0.25) is 4.79 Å². The molecule has 0 saturated carbocycles. The average molecular weight is 683 g/mol. The van der Waals surface area contributed by atoms with Crippen LogP contribution < -0.4 is 0 Å². The first kappa shape index (κ1) is 49.0. The minimum absolute atomic E-state index is 0.345. The highest BCUT2D eigenvalue weighted by Gasteiger charge is 2.24. The Morgan fingerprint density at radius 1 is 0.468 bits per heavy atom. The first-order valence-electron chi connectivity index (χ1n) is 21.4. The highest BCUT2D eigenvalue weighted by molar-refractivity contribution is 6.44. The predicted molar refractivity (Wildman–Crippen MR) is 210 cm³/mol. The third kappa shape index (κ3) is 43.9. The molecule has 2 unspecified atom stereocenters. The van der Waals surface area contributed by atoms with Crippen molar-refractivity contribution >= 4 is 20.8 Å². The van der Waals surface area contributed by atoms with Crippen molar-refractivity contribution in [2.45, 2.75) is 239 Å². The number of hydrogen-bond donors (Lipinski definition) is 1. The molecular formula is C42H87AlO4. The summed E-state index contributed by atoms with van der Waals surface area (Å²) in [4.78, 5) is 10.3. The Hall–Kier alpha value is -0.0775. The summed E-state index contributed by atoms with van der Waals surface area (Å²) in [6, 6.07) is 0. The molecule has 0 amide bonds. The lowest BCUT2D eigenvalue weighted by Crippen LogP contribution is -2.26. The third-order valence-electron chi connectivity index (χ3n) is 9.56. The number of unbranched alkanes of at least 4 members (excludes halogenated alkanes) is 24. The Morgan fingerprint density at radius 2 is 0.745 bits per heavy atom. The molecule has 4 nitrogen and oxygen atoms in total. The second-order valence-electron chi connectivity index (χ2n) is 14.9. The van der Waals surface area contributed by atoms with E-state index in [1.807, 2.05) is 0 Å². The SMILES string of the molecule is CCCCCCCCC(C)C[O][Al]([CH2]C)[O]CC(C)CCCCCCCC.CCCCCCCCCCCCCCCCCC(=O)O. The molecule has 0 radical (unpaired) electrons. The highest BCUT2D eigenvalue weighted by Crippen LogP contribution is 2.16. The lowest BCUT2D eigenvalue weighted by atomic mass is 10.0. The van der Waals surface area contributed by atoms with Gasteiger partial charge in [-0.25, -0.2) is 0 Å². The molecule has 0 rings (SSSR count). The summed E-state index contributed by atoms with van der Waals surface area (Å²) in [5.41, 5.74) is 0. The van der Waals surface area contributed by atoms with E-state index in [1.165, 1.54) is 173 Å². The van der Waals surface area contributed by atoms with Crippen molar-refractivity contribution in [1.82, 2.24) is 0 Å². The maximum absolute atomic E-state index is 10.3. The number of carboxylic acid groups (broad SMARTS) is 1. The number of carbonyl (C=O) groups is 1. The summed E-state index contributed by atoms with van der Waals surface area (Å²) in [5, 5.41) is 9.61. The fourth-order valence-corrected chi connectivity index (χ4v) is 7.84. The largest absolute Gasteiger partial charge is 0.674 e. The van der Waals surface area contributed by atoms with Crippen LogP contribution in [0.5, 0.6) is 0 Å². The van der Waals surface area contributed by atoms with Crippen LogP contribution in [0.25, 0.3) is 0 Å². The Labute approximate surface area is 301 Å². The second-order valence-corrected chi connectivity index (χ2v) is 17.3. The summed E-state index contributed by atoms with van der Waals surface area (Å²) in [7, 11) is 0. The Bertz CT molecular complexity index is 561. The molecule has 5 heteroatoms. The van der Waals surface area contributed by atoms with E-state index in [0.717, 1.165) is 31.3 Å². The van der Waals surface area contributed by atoms with Crippen molar-refractivity contribution in [3.8, 4) is 0 Å². The summed E-state index contributed by atoms with van der Waals surface area (Å²) >= 11 is -1.44. The molecule has 282 valence electrons. The van der Waals surface area contributed by atoms with E-state index >= 15 is 0 Å². The average Bonchev–Trinajstić information content (AvgIpc) is 3.06. The van der Waals surface area contributed by atoms with E-state index < -0.39 is 20.8 Å². The van der Waals surface area contributed by atoms with Gasteiger partial charge in [0.05, 0.1) is 0 Å². The van der Waals surface area contributed by atoms with E-state index in [-0.39, 0.29) is 0 Å². The van der Waals surface area contributed by atoms with Crippen LogP contribution in [0.3, 0.4) is 0 Å². The molecule has 0 aliphatic carbocycles. The molecule has 0 aromatic carbocycles. The quantitative estimate of drug-likeness (QED) is 0.0523. The molecular weight excluding hydrogens is 595 g/mol. The van der Waals surface area contributed by atoms with Crippen LogP contribution in [0.4, 0.5) is 0 Å². The normalized spacial score (nSPS) is 12.5. The molecule has 0 aliphatic rings. The van der Waals surface area contributed by atoms with Crippen LogP contribution in [0.1, 0.15) is 234 Å². The van der Waals surface area contributed by atoms with Gasteiger partial charge in [0.2, 0.25) is 0 Å². The fourth-order valence-electron chi connectivity index (χ4n) is 6.19. The molecule has 0 spiro atoms. The number of hydrogen-bond acceptors (Lipinski definition) is 3. The van der Waals surface area contributed by atoms with E-state index in [0.29, 0.717) is 18.3 Å². The first-order chi connectivity index (χ1) is 22.9. The zero-order chi connectivity index (χ0) is 35.1. The second kappa shape index (κ2) is 42.1. The molecule has 0 aliphatic heterocycles. The van der Waals surface area contributed by atoms with Gasteiger partial charge in [-0.1, -0.05) is 208 Å². The van der Waals surface area contributed by atoms with Gasteiger partial charge in [-0.15, -0.1) is 0 Å². The van der Waals surface area contributed by atoms with Crippen LogP contribution in [-0.2, 0) is 12.4 Å². The van der Waals surface area contributed by atoms with Gasteiger partial charge in [0.15, 0.2) is 0 Å². The zero-order valence-corrected chi connectivity index (χ0v) is 34.4. The van der Waals surface area contributed by atoms with E-state index in [9.17, 15) is 4.79 Å². The van der Waals surface area contributed by atoms with Crippen LogP contribution in [0.2, 0.25) is 5.28 Å². The van der Waals surface area contributed by atoms with Crippen molar-refractivity contribution in [2.24, 2.45) is 11.8 Å². The minimum atomic E-state index is -1.44. The number of carboxylic acids is 1.